The monoisotopic (exact) mass is 386 g/mol. The molecule has 1 amide bonds. The summed E-state index contributed by atoms with van der Waals surface area (Å²) >= 11 is 0. The van der Waals surface area contributed by atoms with Crippen molar-refractivity contribution in [3.63, 3.8) is 0 Å². The van der Waals surface area contributed by atoms with E-state index in [0.717, 1.165) is 6.07 Å². The van der Waals surface area contributed by atoms with Crippen LogP contribution < -0.4 is 0 Å². The van der Waals surface area contributed by atoms with E-state index < -0.39 is 35.9 Å². The highest BCUT2D eigenvalue weighted by molar-refractivity contribution is 5.84. The molecule has 0 saturated carbocycles. The summed E-state index contributed by atoms with van der Waals surface area (Å²) in [4.78, 5) is 16.1. The zero-order valence-corrected chi connectivity index (χ0v) is 15.4. The molecule has 5 nitrogen and oxygen atoms in total. The summed E-state index contributed by atoms with van der Waals surface area (Å²) in [5.74, 6) is -4.50. The van der Waals surface area contributed by atoms with Crippen LogP contribution in [0.25, 0.3) is 0 Å². The fourth-order valence-electron chi connectivity index (χ4n) is 4.31. The number of phenols is 1. The summed E-state index contributed by atoms with van der Waals surface area (Å²) in [6, 6.07) is 3.86. The van der Waals surface area contributed by atoms with E-state index in [9.17, 15) is 23.1 Å². The predicted molar refractivity (Wildman–Crippen MR) is 93.0 cm³/mol. The number of carbonyl (C=O) groups is 1. The van der Waals surface area contributed by atoms with Crippen molar-refractivity contribution in [2.24, 2.45) is 5.41 Å². The lowest BCUT2D eigenvalue weighted by Crippen LogP contribution is -2.61. The Morgan fingerprint density at radius 3 is 2.78 bits per heavy atom. The normalized spacial score (nSPS) is 25.9. The van der Waals surface area contributed by atoms with Crippen molar-refractivity contribution in [2.45, 2.75) is 31.7 Å². The number of piperidine rings is 2. The lowest BCUT2D eigenvalue weighted by Gasteiger charge is -2.49. The molecule has 27 heavy (non-hydrogen) atoms. The number of amides is 1. The van der Waals surface area contributed by atoms with E-state index in [1.54, 1.807) is 4.90 Å². The van der Waals surface area contributed by atoms with Crippen molar-refractivity contribution in [1.29, 1.82) is 0 Å². The maximum absolute atomic E-state index is 14.5. The number of halogens is 3. The number of benzene rings is 1. The number of phenolic OH excluding ortho intramolecular Hbond substituents is 1. The maximum Gasteiger partial charge on any atom is 0.261 e. The van der Waals surface area contributed by atoms with Gasteiger partial charge in [0.2, 0.25) is 5.91 Å². The Morgan fingerprint density at radius 1 is 1.30 bits per heavy atom. The zero-order valence-electron chi connectivity index (χ0n) is 15.4. The standard InChI is InChI=1S/C19H25F3N2O3/c1-27-8-7-24-6-2-5-18(17(24)26)11-19(21,22)13-23(12-18)10-14-3-4-16(25)15(20)9-14/h3-4,9,25H,2,5-8,10-13H2,1H3. The SMILES string of the molecule is COCCN1CCCC2(CN(Cc3ccc(O)c(F)c3)CC(F)(F)C2)C1=O. The molecule has 1 N–H and O–H groups in total. The number of carbonyl (C=O) groups excluding carboxylic acids is 1. The Labute approximate surface area is 156 Å². The van der Waals surface area contributed by atoms with Gasteiger partial charge in [-0.05, 0) is 30.5 Å². The molecule has 0 aliphatic carbocycles. The fourth-order valence-corrected chi connectivity index (χ4v) is 4.31. The van der Waals surface area contributed by atoms with Gasteiger partial charge in [0.1, 0.15) is 0 Å². The second kappa shape index (κ2) is 7.67. The molecule has 0 radical (unpaired) electrons. The van der Waals surface area contributed by atoms with Crippen molar-refractivity contribution in [1.82, 2.24) is 9.80 Å². The van der Waals surface area contributed by atoms with E-state index in [2.05, 4.69) is 0 Å². The minimum Gasteiger partial charge on any atom is -0.505 e. The van der Waals surface area contributed by atoms with Gasteiger partial charge in [-0.2, -0.15) is 0 Å². The first-order chi connectivity index (χ1) is 12.7. The quantitative estimate of drug-likeness (QED) is 0.845. The van der Waals surface area contributed by atoms with Gasteiger partial charge in [0, 0.05) is 39.7 Å². The van der Waals surface area contributed by atoms with Crippen molar-refractivity contribution in [3.8, 4) is 5.75 Å². The van der Waals surface area contributed by atoms with Crippen molar-refractivity contribution < 1.29 is 27.8 Å². The Morgan fingerprint density at radius 2 is 2.07 bits per heavy atom. The van der Waals surface area contributed by atoms with Gasteiger partial charge in [-0.1, -0.05) is 6.07 Å². The number of aromatic hydroxyl groups is 1. The number of likely N-dealkylation sites (tertiary alicyclic amines) is 2. The fraction of sp³-hybridized carbons (Fsp3) is 0.632. The first kappa shape index (κ1) is 19.9. The summed E-state index contributed by atoms with van der Waals surface area (Å²) < 4.78 is 47.7. The lowest BCUT2D eigenvalue weighted by atomic mass is 9.71. The Hall–Kier alpha value is -1.80. The van der Waals surface area contributed by atoms with Gasteiger partial charge in [-0.3, -0.25) is 9.69 Å². The summed E-state index contributed by atoms with van der Waals surface area (Å²) in [7, 11) is 1.54. The average Bonchev–Trinajstić information content (AvgIpc) is 2.58. The molecule has 2 fully saturated rings. The molecule has 2 aliphatic heterocycles. The molecule has 1 unspecified atom stereocenters. The summed E-state index contributed by atoms with van der Waals surface area (Å²) in [5, 5.41) is 9.30. The van der Waals surface area contributed by atoms with Gasteiger partial charge >= 0.3 is 0 Å². The molecule has 1 aromatic rings. The third-order valence-corrected chi connectivity index (χ3v) is 5.39. The Balaban J connectivity index is 1.79. The number of hydrogen-bond acceptors (Lipinski definition) is 4. The number of methoxy groups -OCH3 is 1. The van der Waals surface area contributed by atoms with Crippen LogP contribution in [-0.2, 0) is 16.1 Å². The second-order valence-electron chi connectivity index (χ2n) is 7.63. The molecule has 150 valence electrons. The van der Waals surface area contributed by atoms with Gasteiger partial charge in [-0.15, -0.1) is 0 Å². The number of nitrogens with zero attached hydrogens (tertiary/aromatic N) is 2. The van der Waals surface area contributed by atoms with Crippen LogP contribution in [0.2, 0.25) is 0 Å². The smallest absolute Gasteiger partial charge is 0.261 e. The Kier molecular flexibility index (Phi) is 5.67. The minimum absolute atomic E-state index is 0.0971. The van der Waals surface area contributed by atoms with Gasteiger partial charge < -0.3 is 14.7 Å². The molecule has 2 heterocycles. The molecule has 3 rings (SSSR count). The molecule has 0 aromatic heterocycles. The number of ether oxygens (including phenoxy) is 1. The van der Waals surface area contributed by atoms with Crippen LogP contribution in [0.1, 0.15) is 24.8 Å². The van der Waals surface area contributed by atoms with Crippen LogP contribution in [-0.4, -0.2) is 66.6 Å². The Bertz CT molecular complexity index is 701. The second-order valence-corrected chi connectivity index (χ2v) is 7.63. The van der Waals surface area contributed by atoms with Crippen LogP contribution in [0, 0.1) is 11.2 Å². The van der Waals surface area contributed by atoms with E-state index in [1.807, 2.05) is 0 Å². The molecular formula is C19H25F3N2O3. The molecule has 2 saturated heterocycles. The van der Waals surface area contributed by atoms with Crippen molar-refractivity contribution >= 4 is 5.91 Å². The summed E-state index contributed by atoms with van der Waals surface area (Å²) in [5.41, 5.74) is -0.638. The van der Waals surface area contributed by atoms with Crippen LogP contribution in [0.15, 0.2) is 18.2 Å². The highest BCUT2D eigenvalue weighted by Gasteiger charge is 2.54. The van der Waals surface area contributed by atoms with Gasteiger partial charge in [0.05, 0.1) is 18.6 Å². The van der Waals surface area contributed by atoms with E-state index in [1.165, 1.54) is 24.1 Å². The predicted octanol–water partition coefficient (Wildman–Crippen LogP) is 2.63. The first-order valence-corrected chi connectivity index (χ1v) is 9.11. The maximum atomic E-state index is 14.5. The van der Waals surface area contributed by atoms with Crippen molar-refractivity contribution in [3.05, 3.63) is 29.6 Å². The number of alkyl halides is 2. The highest BCUT2D eigenvalue weighted by atomic mass is 19.3. The van der Waals surface area contributed by atoms with Crippen LogP contribution >= 0.6 is 0 Å². The molecule has 1 atom stereocenters. The highest BCUT2D eigenvalue weighted by Crippen LogP contribution is 2.45. The topological polar surface area (TPSA) is 53.0 Å². The molecule has 1 aromatic carbocycles. The molecule has 8 heteroatoms. The van der Waals surface area contributed by atoms with Crippen LogP contribution in [0.5, 0.6) is 5.75 Å². The van der Waals surface area contributed by atoms with E-state index in [0.29, 0.717) is 38.1 Å². The summed E-state index contributed by atoms with van der Waals surface area (Å²) in [6.07, 6.45) is 0.640. The van der Waals surface area contributed by atoms with Crippen LogP contribution in [0.4, 0.5) is 13.2 Å². The largest absolute Gasteiger partial charge is 0.505 e. The van der Waals surface area contributed by atoms with E-state index in [-0.39, 0.29) is 19.0 Å². The zero-order chi connectivity index (χ0) is 19.7. The van der Waals surface area contributed by atoms with E-state index in [4.69, 9.17) is 4.74 Å². The number of rotatable bonds is 5. The van der Waals surface area contributed by atoms with Gasteiger partial charge in [0.15, 0.2) is 11.6 Å². The van der Waals surface area contributed by atoms with Crippen molar-refractivity contribution in [2.75, 3.05) is 39.9 Å². The molecule has 2 aliphatic rings. The lowest BCUT2D eigenvalue weighted by molar-refractivity contribution is -0.170. The first-order valence-electron chi connectivity index (χ1n) is 9.11. The molecule has 0 bridgehead atoms. The molecule has 1 spiro atoms. The summed E-state index contributed by atoms with van der Waals surface area (Å²) in [6.45, 7) is 1.16. The minimum atomic E-state index is -2.99. The van der Waals surface area contributed by atoms with Gasteiger partial charge in [0.25, 0.3) is 5.92 Å². The third-order valence-electron chi connectivity index (χ3n) is 5.39. The number of hydrogen-bond donors (Lipinski definition) is 1. The van der Waals surface area contributed by atoms with Gasteiger partial charge in [-0.25, -0.2) is 13.2 Å². The molecular weight excluding hydrogens is 361 g/mol. The van der Waals surface area contributed by atoms with Crippen LogP contribution in [0.3, 0.4) is 0 Å². The van der Waals surface area contributed by atoms with E-state index >= 15 is 0 Å². The average molecular weight is 386 g/mol. The third kappa shape index (κ3) is 4.38.